The van der Waals surface area contributed by atoms with E-state index < -0.39 is 5.63 Å². The van der Waals surface area contributed by atoms with Crippen LogP contribution in [0.2, 0.25) is 0 Å². The molecule has 0 saturated carbocycles. The number of carbonyl (C=O) groups excluding carboxylic acids is 1. The average Bonchev–Trinajstić information content (AvgIpc) is 3.16. The number of carbonyl (C=O) groups is 1. The molecule has 0 aliphatic rings. The number of rotatable bonds is 4. The van der Waals surface area contributed by atoms with Crippen LogP contribution in [0.5, 0.6) is 0 Å². The zero-order valence-corrected chi connectivity index (χ0v) is 11.6. The van der Waals surface area contributed by atoms with Gasteiger partial charge >= 0.3 is 5.63 Å². The van der Waals surface area contributed by atoms with Gasteiger partial charge in [0.05, 0.1) is 17.0 Å². The van der Waals surface area contributed by atoms with E-state index in [2.05, 4.69) is 14.9 Å². The highest BCUT2D eigenvalue weighted by molar-refractivity contribution is 7.13. The Morgan fingerprint density at radius 1 is 1.33 bits per heavy atom. The summed E-state index contributed by atoms with van der Waals surface area (Å²) in [6.45, 7) is 0.229. The van der Waals surface area contributed by atoms with Crippen LogP contribution in [0, 0.1) is 0 Å². The van der Waals surface area contributed by atoms with Crippen molar-refractivity contribution in [2.45, 2.75) is 6.54 Å². The van der Waals surface area contributed by atoms with Crippen LogP contribution in [-0.4, -0.2) is 11.1 Å². The molecule has 0 radical (unpaired) electrons. The molecule has 0 aliphatic heterocycles. The first-order valence-corrected chi connectivity index (χ1v) is 6.97. The van der Waals surface area contributed by atoms with Crippen molar-refractivity contribution >= 4 is 17.2 Å². The van der Waals surface area contributed by atoms with Gasteiger partial charge in [-0.1, -0.05) is 11.2 Å². The predicted octanol–water partition coefficient (Wildman–Crippen LogP) is 2.29. The predicted molar refractivity (Wildman–Crippen MR) is 76.0 cm³/mol. The normalized spacial score (nSPS) is 10.5. The van der Waals surface area contributed by atoms with Gasteiger partial charge in [0.25, 0.3) is 5.91 Å². The molecule has 3 rings (SSSR count). The monoisotopic (exact) mass is 302 g/mol. The zero-order valence-electron chi connectivity index (χ0n) is 10.7. The maximum atomic E-state index is 11.8. The molecule has 0 unspecified atom stereocenters. The standard InChI is InChI=1S/C14H10N2O4S/c17-13-4-3-9(8-19-13)14(18)15-7-10-6-11(20-16-10)12-2-1-5-21-12/h1-6,8H,7H2,(H,15,18). The highest BCUT2D eigenvalue weighted by Gasteiger charge is 2.10. The van der Waals surface area contributed by atoms with E-state index in [1.807, 2.05) is 17.5 Å². The summed E-state index contributed by atoms with van der Waals surface area (Å²) >= 11 is 1.55. The van der Waals surface area contributed by atoms with Gasteiger partial charge in [-0.05, 0) is 17.5 Å². The second kappa shape index (κ2) is 5.76. The largest absolute Gasteiger partial charge is 0.430 e. The lowest BCUT2D eigenvalue weighted by Gasteiger charge is -2.01. The van der Waals surface area contributed by atoms with E-state index in [9.17, 15) is 9.59 Å². The first-order chi connectivity index (χ1) is 10.2. The number of amides is 1. The molecule has 106 valence electrons. The van der Waals surface area contributed by atoms with Crippen LogP contribution in [0.1, 0.15) is 16.1 Å². The molecule has 3 aromatic heterocycles. The van der Waals surface area contributed by atoms with Crippen LogP contribution >= 0.6 is 11.3 Å². The third-order valence-electron chi connectivity index (χ3n) is 2.72. The van der Waals surface area contributed by atoms with Crippen molar-refractivity contribution in [1.82, 2.24) is 10.5 Å². The summed E-state index contributed by atoms with van der Waals surface area (Å²) < 4.78 is 9.85. The van der Waals surface area contributed by atoms with Gasteiger partial charge < -0.3 is 14.3 Å². The second-order valence-corrected chi connectivity index (χ2v) is 5.13. The molecule has 0 saturated heterocycles. The molecule has 3 aromatic rings. The molecule has 1 amide bonds. The molecular weight excluding hydrogens is 292 g/mol. The number of thiophene rings is 1. The Morgan fingerprint density at radius 2 is 2.24 bits per heavy atom. The molecular formula is C14H10N2O4S. The van der Waals surface area contributed by atoms with Crippen molar-refractivity contribution in [1.29, 1.82) is 0 Å². The van der Waals surface area contributed by atoms with Crippen molar-refractivity contribution in [3.05, 3.63) is 63.7 Å². The second-order valence-electron chi connectivity index (χ2n) is 4.19. The van der Waals surface area contributed by atoms with Gasteiger partial charge in [-0.15, -0.1) is 11.3 Å². The molecule has 0 aromatic carbocycles. The van der Waals surface area contributed by atoms with Crippen LogP contribution in [0.4, 0.5) is 0 Å². The fraction of sp³-hybridized carbons (Fsp3) is 0.0714. The minimum absolute atomic E-state index is 0.229. The maximum absolute atomic E-state index is 11.8. The minimum Gasteiger partial charge on any atom is -0.430 e. The maximum Gasteiger partial charge on any atom is 0.335 e. The highest BCUT2D eigenvalue weighted by atomic mass is 32.1. The molecule has 6 nitrogen and oxygen atoms in total. The van der Waals surface area contributed by atoms with Crippen LogP contribution in [0.15, 0.2) is 55.7 Å². The first-order valence-electron chi connectivity index (χ1n) is 6.09. The van der Waals surface area contributed by atoms with E-state index in [4.69, 9.17) is 4.52 Å². The summed E-state index contributed by atoms with van der Waals surface area (Å²) in [5.41, 5.74) is 0.393. The summed E-state index contributed by atoms with van der Waals surface area (Å²) in [7, 11) is 0. The Balaban J connectivity index is 1.64. The first kappa shape index (κ1) is 13.3. The Bertz CT molecular complexity index is 784. The number of nitrogens with one attached hydrogen (secondary N) is 1. The highest BCUT2D eigenvalue weighted by Crippen LogP contribution is 2.24. The van der Waals surface area contributed by atoms with Crippen molar-refractivity contribution < 1.29 is 13.7 Å². The molecule has 1 N–H and O–H groups in total. The number of hydrogen-bond acceptors (Lipinski definition) is 6. The summed E-state index contributed by atoms with van der Waals surface area (Å²) in [4.78, 5) is 23.6. The van der Waals surface area contributed by atoms with Gasteiger partial charge in [-0.3, -0.25) is 4.79 Å². The van der Waals surface area contributed by atoms with Gasteiger partial charge in [-0.25, -0.2) is 4.79 Å². The molecule has 0 aliphatic carbocycles. The third-order valence-corrected chi connectivity index (χ3v) is 3.60. The lowest BCUT2D eigenvalue weighted by atomic mass is 10.2. The van der Waals surface area contributed by atoms with E-state index >= 15 is 0 Å². The Hall–Kier alpha value is -2.67. The van der Waals surface area contributed by atoms with Crippen molar-refractivity contribution in [2.75, 3.05) is 0 Å². The smallest absolute Gasteiger partial charge is 0.335 e. The number of hydrogen-bond donors (Lipinski definition) is 1. The SMILES string of the molecule is O=C(NCc1cc(-c2cccs2)on1)c1ccc(=O)oc1. The molecule has 0 fully saturated rings. The Labute approximate surface area is 123 Å². The molecule has 0 atom stereocenters. The van der Waals surface area contributed by atoms with Crippen molar-refractivity contribution in [3.8, 4) is 10.6 Å². The summed E-state index contributed by atoms with van der Waals surface area (Å²) in [5, 5.41) is 8.52. The van der Waals surface area contributed by atoms with Crippen LogP contribution < -0.4 is 10.9 Å². The van der Waals surface area contributed by atoms with Gasteiger partial charge in [0, 0.05) is 12.1 Å². The summed E-state index contributed by atoms with van der Waals surface area (Å²) in [6, 6.07) is 8.23. The molecule has 3 heterocycles. The fourth-order valence-electron chi connectivity index (χ4n) is 1.69. The van der Waals surface area contributed by atoms with E-state index in [-0.39, 0.29) is 18.0 Å². The molecule has 7 heteroatoms. The fourth-order valence-corrected chi connectivity index (χ4v) is 2.36. The molecule has 0 spiro atoms. The van der Waals surface area contributed by atoms with Crippen LogP contribution in [0.25, 0.3) is 10.6 Å². The van der Waals surface area contributed by atoms with Gasteiger partial charge in [0.2, 0.25) is 0 Å². The number of nitrogens with zero attached hydrogens (tertiary/aromatic N) is 1. The van der Waals surface area contributed by atoms with Crippen LogP contribution in [-0.2, 0) is 6.54 Å². The van der Waals surface area contributed by atoms with Crippen molar-refractivity contribution in [2.24, 2.45) is 0 Å². The van der Waals surface area contributed by atoms with E-state index in [0.29, 0.717) is 11.5 Å². The van der Waals surface area contributed by atoms with E-state index in [0.717, 1.165) is 11.1 Å². The van der Waals surface area contributed by atoms with Crippen molar-refractivity contribution in [3.63, 3.8) is 0 Å². The molecule has 21 heavy (non-hydrogen) atoms. The van der Waals surface area contributed by atoms with Gasteiger partial charge in [0.1, 0.15) is 12.0 Å². The summed E-state index contributed by atoms with van der Waals surface area (Å²) in [6.07, 6.45) is 1.12. The Morgan fingerprint density at radius 3 is 2.95 bits per heavy atom. The van der Waals surface area contributed by atoms with Gasteiger partial charge in [-0.2, -0.15) is 0 Å². The zero-order chi connectivity index (χ0) is 14.7. The lowest BCUT2D eigenvalue weighted by Crippen LogP contribution is -2.23. The lowest BCUT2D eigenvalue weighted by molar-refractivity contribution is 0.0947. The van der Waals surface area contributed by atoms with E-state index in [1.54, 1.807) is 17.4 Å². The number of aromatic nitrogens is 1. The Kier molecular flexibility index (Phi) is 3.65. The van der Waals surface area contributed by atoms with Gasteiger partial charge in [0.15, 0.2) is 5.76 Å². The molecule has 0 bridgehead atoms. The third kappa shape index (κ3) is 3.09. The quantitative estimate of drug-likeness (QED) is 0.799. The van der Waals surface area contributed by atoms with Crippen LogP contribution in [0.3, 0.4) is 0 Å². The summed E-state index contributed by atoms with van der Waals surface area (Å²) in [5.74, 6) is 0.319. The minimum atomic E-state index is -0.497. The average molecular weight is 302 g/mol. The van der Waals surface area contributed by atoms with E-state index in [1.165, 1.54) is 12.1 Å². The topological polar surface area (TPSA) is 85.3 Å².